The molecular formula is C31H26BrN3O5S. The number of anilines is 1. The number of phenols is 1. The second kappa shape index (κ2) is 12.0. The SMILES string of the molecule is C=CCOc1ccc(Br)cc1/C=c1\sc2n(c1=O)[C@@H](c1ccc(O)c(OC)c1)C(C(=O)Nc1ccccc1)=C(C)N=2. The number of aromatic nitrogens is 1. The molecule has 4 aromatic rings. The molecule has 0 saturated heterocycles. The third-order valence-electron chi connectivity index (χ3n) is 6.43. The summed E-state index contributed by atoms with van der Waals surface area (Å²) in [6.07, 6.45) is 3.40. The number of carbonyl (C=O) groups is 1. The minimum atomic E-state index is -0.828. The molecule has 41 heavy (non-hydrogen) atoms. The van der Waals surface area contributed by atoms with E-state index in [1.165, 1.54) is 29.1 Å². The molecule has 0 aliphatic carbocycles. The summed E-state index contributed by atoms with van der Waals surface area (Å²) in [6.45, 7) is 5.76. The maximum Gasteiger partial charge on any atom is 0.271 e. The summed E-state index contributed by atoms with van der Waals surface area (Å²) in [5, 5.41) is 13.2. The summed E-state index contributed by atoms with van der Waals surface area (Å²) in [5.74, 6) is 0.371. The van der Waals surface area contributed by atoms with Gasteiger partial charge in [-0.05, 0) is 61.0 Å². The number of hydrogen-bond acceptors (Lipinski definition) is 7. The zero-order valence-corrected chi connectivity index (χ0v) is 24.7. The topological polar surface area (TPSA) is 102 Å². The Kier molecular flexibility index (Phi) is 8.23. The van der Waals surface area contributed by atoms with Crippen LogP contribution in [-0.2, 0) is 4.79 Å². The van der Waals surface area contributed by atoms with Crippen molar-refractivity contribution in [3.8, 4) is 17.2 Å². The number of fused-ring (bicyclic) bond motifs is 1. The Morgan fingerprint density at radius 2 is 1.95 bits per heavy atom. The fourth-order valence-corrected chi connectivity index (χ4v) is 5.98. The number of rotatable bonds is 8. The Morgan fingerprint density at radius 3 is 2.68 bits per heavy atom. The lowest BCUT2D eigenvalue weighted by molar-refractivity contribution is -0.113. The molecular weight excluding hydrogens is 606 g/mol. The van der Waals surface area contributed by atoms with Gasteiger partial charge in [0.2, 0.25) is 0 Å². The molecule has 1 atom stereocenters. The van der Waals surface area contributed by atoms with Crippen molar-refractivity contribution in [3.63, 3.8) is 0 Å². The molecule has 0 spiro atoms. The van der Waals surface area contributed by atoms with E-state index in [2.05, 4.69) is 32.8 Å². The van der Waals surface area contributed by atoms with E-state index in [0.717, 1.165) is 4.47 Å². The first-order valence-corrected chi connectivity index (χ1v) is 14.2. The van der Waals surface area contributed by atoms with Crippen molar-refractivity contribution < 1.29 is 19.4 Å². The maximum atomic E-state index is 14.0. The Bertz CT molecular complexity index is 1860. The lowest BCUT2D eigenvalue weighted by atomic mass is 9.94. The van der Waals surface area contributed by atoms with Crippen LogP contribution in [0.2, 0.25) is 0 Å². The highest BCUT2D eigenvalue weighted by Gasteiger charge is 2.33. The molecule has 2 N–H and O–H groups in total. The number of halogens is 1. The molecule has 0 bridgehead atoms. The monoisotopic (exact) mass is 631 g/mol. The van der Waals surface area contributed by atoms with Crippen LogP contribution >= 0.6 is 27.3 Å². The van der Waals surface area contributed by atoms with Crippen molar-refractivity contribution in [1.82, 2.24) is 4.57 Å². The molecule has 1 aliphatic rings. The first-order valence-electron chi connectivity index (χ1n) is 12.6. The number of amides is 1. The molecule has 0 fully saturated rings. The van der Waals surface area contributed by atoms with E-state index in [9.17, 15) is 14.7 Å². The third-order valence-corrected chi connectivity index (χ3v) is 7.91. The van der Waals surface area contributed by atoms with Gasteiger partial charge in [-0.1, -0.05) is 64.2 Å². The van der Waals surface area contributed by atoms with Crippen LogP contribution in [0.4, 0.5) is 5.69 Å². The van der Waals surface area contributed by atoms with Crippen LogP contribution in [-0.4, -0.2) is 29.3 Å². The molecule has 0 radical (unpaired) electrons. The first kappa shape index (κ1) is 28.1. The van der Waals surface area contributed by atoms with Crippen molar-refractivity contribution in [2.75, 3.05) is 19.0 Å². The number of aromatic hydroxyl groups is 1. The Balaban J connectivity index is 1.70. The molecule has 1 aliphatic heterocycles. The van der Waals surface area contributed by atoms with Crippen LogP contribution in [0, 0.1) is 0 Å². The lowest BCUT2D eigenvalue weighted by Gasteiger charge is -2.25. The highest BCUT2D eigenvalue weighted by molar-refractivity contribution is 9.10. The zero-order chi connectivity index (χ0) is 29.1. The first-order chi connectivity index (χ1) is 19.8. The van der Waals surface area contributed by atoms with E-state index in [4.69, 9.17) is 9.47 Å². The second-order valence-corrected chi connectivity index (χ2v) is 11.0. The smallest absolute Gasteiger partial charge is 0.271 e. The summed E-state index contributed by atoms with van der Waals surface area (Å²) in [5.41, 5.74) is 2.35. The number of allylic oxidation sites excluding steroid dienone is 1. The van der Waals surface area contributed by atoms with Crippen molar-refractivity contribution in [2.45, 2.75) is 13.0 Å². The van der Waals surface area contributed by atoms with Crippen LogP contribution in [0.25, 0.3) is 6.08 Å². The number of carbonyl (C=O) groups excluding carboxylic acids is 1. The number of nitrogens with one attached hydrogen (secondary N) is 1. The highest BCUT2D eigenvalue weighted by atomic mass is 79.9. The molecule has 0 saturated carbocycles. The Labute approximate surface area is 248 Å². The van der Waals surface area contributed by atoms with E-state index >= 15 is 0 Å². The maximum absolute atomic E-state index is 14.0. The number of hydrogen-bond donors (Lipinski definition) is 2. The van der Waals surface area contributed by atoms with Gasteiger partial charge in [0.25, 0.3) is 11.5 Å². The summed E-state index contributed by atoms with van der Waals surface area (Å²) in [7, 11) is 1.44. The molecule has 10 heteroatoms. The van der Waals surface area contributed by atoms with Gasteiger partial charge >= 0.3 is 0 Å². The van der Waals surface area contributed by atoms with Crippen molar-refractivity contribution in [2.24, 2.45) is 4.99 Å². The quantitative estimate of drug-likeness (QED) is 0.269. The second-order valence-electron chi connectivity index (χ2n) is 9.12. The van der Waals surface area contributed by atoms with E-state index in [0.29, 0.717) is 49.8 Å². The van der Waals surface area contributed by atoms with Crippen LogP contribution in [0.15, 0.2) is 105 Å². The summed E-state index contributed by atoms with van der Waals surface area (Å²) < 4.78 is 13.9. The highest BCUT2D eigenvalue weighted by Crippen LogP contribution is 2.35. The van der Waals surface area contributed by atoms with Gasteiger partial charge in [-0.15, -0.1) is 0 Å². The van der Waals surface area contributed by atoms with Gasteiger partial charge in [0.1, 0.15) is 12.4 Å². The van der Waals surface area contributed by atoms with Gasteiger partial charge in [0.15, 0.2) is 16.3 Å². The number of nitrogens with zero attached hydrogens (tertiary/aromatic N) is 2. The van der Waals surface area contributed by atoms with Crippen LogP contribution in [0.1, 0.15) is 24.1 Å². The van der Waals surface area contributed by atoms with Gasteiger partial charge in [0, 0.05) is 15.7 Å². The minimum Gasteiger partial charge on any atom is -0.504 e. The van der Waals surface area contributed by atoms with Crippen LogP contribution in [0.3, 0.4) is 0 Å². The molecule has 3 aromatic carbocycles. The molecule has 208 valence electrons. The van der Waals surface area contributed by atoms with Gasteiger partial charge < -0.3 is 19.9 Å². The van der Waals surface area contributed by atoms with E-state index in [-0.39, 0.29) is 17.1 Å². The average Bonchev–Trinajstić information content (AvgIpc) is 3.26. The fourth-order valence-electron chi connectivity index (χ4n) is 4.56. The van der Waals surface area contributed by atoms with Crippen LogP contribution in [0.5, 0.6) is 17.2 Å². The number of phenolic OH excluding ortho intramolecular Hbond substituents is 1. The number of thiazole rings is 1. The van der Waals surface area contributed by atoms with Crippen molar-refractivity contribution in [3.05, 3.63) is 126 Å². The van der Waals surface area contributed by atoms with Crippen molar-refractivity contribution in [1.29, 1.82) is 0 Å². The third kappa shape index (κ3) is 5.75. The molecule has 1 amide bonds. The zero-order valence-electron chi connectivity index (χ0n) is 22.3. The number of para-hydroxylation sites is 1. The summed E-state index contributed by atoms with van der Waals surface area (Å²) in [4.78, 5) is 32.9. The lowest BCUT2D eigenvalue weighted by Crippen LogP contribution is -2.40. The number of ether oxygens (including phenoxy) is 2. The van der Waals surface area contributed by atoms with Gasteiger partial charge in [-0.25, -0.2) is 4.99 Å². The predicted molar refractivity (Wildman–Crippen MR) is 163 cm³/mol. The standard InChI is InChI=1S/C31H26BrN3O5S/c1-4-14-40-24-13-11-21(32)15-20(24)17-26-30(38)35-28(19-10-12-23(36)25(16-19)39-3)27(18(2)33-31(35)41-26)29(37)34-22-8-6-5-7-9-22/h4-13,15-17,28,36H,1,14H2,2-3H3,(H,34,37)/b26-17-/t28-/m0/s1. The Hall–Kier alpha value is -4.41. The van der Waals surface area contributed by atoms with E-state index in [1.54, 1.807) is 43.3 Å². The fraction of sp³-hybridized carbons (Fsp3) is 0.129. The molecule has 5 rings (SSSR count). The molecule has 0 unspecified atom stereocenters. The summed E-state index contributed by atoms with van der Waals surface area (Å²) >= 11 is 4.71. The van der Waals surface area contributed by atoms with E-state index in [1.807, 2.05) is 36.4 Å². The normalized spacial score (nSPS) is 14.7. The largest absolute Gasteiger partial charge is 0.504 e. The summed E-state index contributed by atoms with van der Waals surface area (Å²) in [6, 6.07) is 18.6. The van der Waals surface area contributed by atoms with Gasteiger partial charge in [-0.2, -0.15) is 0 Å². The Morgan fingerprint density at radius 1 is 1.17 bits per heavy atom. The average molecular weight is 633 g/mol. The number of methoxy groups -OCH3 is 1. The number of benzene rings is 3. The van der Waals surface area contributed by atoms with Crippen LogP contribution < -0.4 is 29.7 Å². The molecule has 8 nitrogen and oxygen atoms in total. The predicted octanol–water partition coefficient (Wildman–Crippen LogP) is 4.92. The van der Waals surface area contributed by atoms with Crippen molar-refractivity contribution >= 4 is 44.9 Å². The van der Waals surface area contributed by atoms with Gasteiger partial charge in [0.05, 0.1) is 29.0 Å². The molecule has 1 aromatic heterocycles. The molecule has 2 heterocycles. The minimum absolute atomic E-state index is 0.0543. The van der Waals surface area contributed by atoms with Gasteiger partial charge in [-0.3, -0.25) is 14.2 Å². The van der Waals surface area contributed by atoms with E-state index < -0.39 is 11.9 Å².